The van der Waals surface area contributed by atoms with E-state index in [-0.39, 0.29) is 12.2 Å². The van der Waals surface area contributed by atoms with Gasteiger partial charge in [0.05, 0.1) is 0 Å². The SMILES string of the molecule is CC(=O)CCC(C)CCC(=O)O. The molecule has 0 aromatic rings. The van der Waals surface area contributed by atoms with Crippen LogP contribution in [0.5, 0.6) is 0 Å². The Morgan fingerprint density at radius 1 is 1.25 bits per heavy atom. The lowest BCUT2D eigenvalue weighted by Gasteiger charge is -2.07. The maximum absolute atomic E-state index is 10.6. The summed E-state index contributed by atoms with van der Waals surface area (Å²) in [4.78, 5) is 20.7. The van der Waals surface area contributed by atoms with Crippen molar-refractivity contribution in [2.45, 2.75) is 39.5 Å². The first-order valence-corrected chi connectivity index (χ1v) is 4.23. The first-order chi connectivity index (χ1) is 5.52. The van der Waals surface area contributed by atoms with Gasteiger partial charge in [-0.3, -0.25) is 4.79 Å². The number of aliphatic carboxylic acids is 1. The fourth-order valence-corrected chi connectivity index (χ4v) is 0.964. The highest BCUT2D eigenvalue weighted by molar-refractivity contribution is 5.75. The van der Waals surface area contributed by atoms with Gasteiger partial charge in [0.1, 0.15) is 5.78 Å². The molecule has 0 aliphatic rings. The van der Waals surface area contributed by atoms with Gasteiger partial charge in [-0.2, -0.15) is 0 Å². The van der Waals surface area contributed by atoms with Crippen LogP contribution in [0.2, 0.25) is 0 Å². The molecule has 0 spiro atoms. The summed E-state index contributed by atoms with van der Waals surface area (Å²) in [5.74, 6) is -0.244. The van der Waals surface area contributed by atoms with E-state index in [1.54, 1.807) is 6.92 Å². The number of rotatable bonds is 6. The number of carbonyl (C=O) groups is 2. The van der Waals surface area contributed by atoms with Crippen molar-refractivity contribution in [2.24, 2.45) is 5.92 Å². The molecule has 0 aromatic heterocycles. The molecule has 0 bridgehead atoms. The summed E-state index contributed by atoms with van der Waals surface area (Å²) >= 11 is 0. The van der Waals surface area contributed by atoms with Gasteiger partial charge in [0, 0.05) is 12.8 Å². The van der Waals surface area contributed by atoms with Crippen LogP contribution in [0.15, 0.2) is 0 Å². The first-order valence-electron chi connectivity index (χ1n) is 4.23. The van der Waals surface area contributed by atoms with Crippen molar-refractivity contribution >= 4 is 11.8 Å². The van der Waals surface area contributed by atoms with E-state index in [1.807, 2.05) is 6.92 Å². The molecule has 0 rings (SSSR count). The van der Waals surface area contributed by atoms with Gasteiger partial charge in [-0.15, -0.1) is 0 Å². The van der Waals surface area contributed by atoms with Gasteiger partial charge in [-0.05, 0) is 25.7 Å². The number of hydrogen-bond acceptors (Lipinski definition) is 2. The van der Waals surface area contributed by atoms with E-state index < -0.39 is 5.97 Å². The number of carbonyl (C=O) groups excluding carboxylic acids is 1. The Morgan fingerprint density at radius 3 is 2.17 bits per heavy atom. The maximum Gasteiger partial charge on any atom is 0.303 e. The third kappa shape index (κ3) is 7.25. The van der Waals surface area contributed by atoms with Crippen LogP contribution in [-0.4, -0.2) is 16.9 Å². The zero-order valence-electron chi connectivity index (χ0n) is 7.67. The predicted molar refractivity (Wildman–Crippen MR) is 45.9 cm³/mol. The van der Waals surface area contributed by atoms with Gasteiger partial charge >= 0.3 is 5.97 Å². The van der Waals surface area contributed by atoms with Gasteiger partial charge in [0.2, 0.25) is 0 Å². The lowest BCUT2D eigenvalue weighted by atomic mass is 9.99. The Kier molecular flexibility index (Phi) is 5.34. The third-order valence-electron chi connectivity index (χ3n) is 1.84. The minimum atomic E-state index is -0.760. The maximum atomic E-state index is 10.6. The average Bonchev–Trinajstić information content (AvgIpc) is 1.96. The molecule has 0 amide bonds. The topological polar surface area (TPSA) is 54.4 Å². The number of ketones is 1. The molecule has 70 valence electrons. The zero-order chi connectivity index (χ0) is 9.56. The van der Waals surface area contributed by atoms with Gasteiger partial charge in [-0.1, -0.05) is 6.92 Å². The van der Waals surface area contributed by atoms with E-state index in [9.17, 15) is 9.59 Å². The molecule has 1 atom stereocenters. The van der Waals surface area contributed by atoms with Crippen LogP contribution in [0, 0.1) is 5.92 Å². The second kappa shape index (κ2) is 5.75. The second-order valence-corrected chi connectivity index (χ2v) is 3.28. The van der Waals surface area contributed by atoms with Crippen molar-refractivity contribution in [3.63, 3.8) is 0 Å². The predicted octanol–water partition coefficient (Wildman–Crippen LogP) is 1.86. The Morgan fingerprint density at radius 2 is 1.75 bits per heavy atom. The van der Waals surface area contributed by atoms with Gasteiger partial charge in [0.15, 0.2) is 0 Å². The quantitative estimate of drug-likeness (QED) is 0.665. The molecule has 0 saturated carbocycles. The van der Waals surface area contributed by atoms with E-state index in [4.69, 9.17) is 5.11 Å². The van der Waals surface area contributed by atoms with E-state index in [1.165, 1.54) is 0 Å². The zero-order valence-corrected chi connectivity index (χ0v) is 7.67. The highest BCUT2D eigenvalue weighted by atomic mass is 16.4. The van der Waals surface area contributed by atoms with Crippen molar-refractivity contribution in [2.75, 3.05) is 0 Å². The largest absolute Gasteiger partial charge is 0.481 e. The molecular weight excluding hydrogens is 156 g/mol. The van der Waals surface area contributed by atoms with Crippen molar-refractivity contribution < 1.29 is 14.7 Å². The molecular formula is C9H16O3. The second-order valence-electron chi connectivity index (χ2n) is 3.28. The van der Waals surface area contributed by atoms with Crippen molar-refractivity contribution in [3.8, 4) is 0 Å². The van der Waals surface area contributed by atoms with Crippen LogP contribution in [0.25, 0.3) is 0 Å². The molecule has 0 radical (unpaired) electrons. The van der Waals surface area contributed by atoms with Crippen molar-refractivity contribution in [3.05, 3.63) is 0 Å². The standard InChI is InChI=1S/C9H16O3/c1-7(3-5-8(2)10)4-6-9(11)12/h7H,3-6H2,1-2H3,(H,11,12). The fraction of sp³-hybridized carbons (Fsp3) is 0.778. The van der Waals surface area contributed by atoms with Crippen molar-refractivity contribution in [1.29, 1.82) is 0 Å². The number of carboxylic acid groups (broad SMARTS) is 1. The molecule has 0 heterocycles. The summed E-state index contributed by atoms with van der Waals surface area (Å²) in [5.41, 5.74) is 0. The van der Waals surface area contributed by atoms with E-state index in [0.29, 0.717) is 18.8 Å². The Hall–Kier alpha value is -0.860. The monoisotopic (exact) mass is 172 g/mol. The molecule has 1 unspecified atom stereocenters. The van der Waals surface area contributed by atoms with Crippen LogP contribution >= 0.6 is 0 Å². The summed E-state index contributed by atoms with van der Waals surface area (Å²) in [6.07, 6.45) is 2.26. The molecule has 0 fully saturated rings. The summed E-state index contributed by atoms with van der Waals surface area (Å²) in [7, 11) is 0. The molecule has 0 saturated heterocycles. The highest BCUT2D eigenvalue weighted by Crippen LogP contribution is 2.12. The lowest BCUT2D eigenvalue weighted by molar-refractivity contribution is -0.137. The molecule has 12 heavy (non-hydrogen) atoms. The minimum Gasteiger partial charge on any atom is -0.481 e. The third-order valence-corrected chi connectivity index (χ3v) is 1.84. The minimum absolute atomic E-state index is 0.178. The van der Waals surface area contributed by atoms with Crippen LogP contribution in [0.1, 0.15) is 39.5 Å². The summed E-state index contributed by atoms with van der Waals surface area (Å²) < 4.78 is 0. The Bertz CT molecular complexity index is 145. The number of carboxylic acids is 1. The normalized spacial score (nSPS) is 12.5. The molecule has 0 aliphatic carbocycles. The van der Waals surface area contributed by atoms with Crippen LogP contribution < -0.4 is 0 Å². The Balaban J connectivity index is 3.39. The summed E-state index contributed by atoms with van der Waals surface area (Å²) in [6, 6.07) is 0. The van der Waals surface area contributed by atoms with E-state index in [2.05, 4.69) is 0 Å². The fourth-order valence-electron chi connectivity index (χ4n) is 0.964. The van der Waals surface area contributed by atoms with Crippen LogP contribution in [-0.2, 0) is 9.59 Å². The van der Waals surface area contributed by atoms with Crippen LogP contribution in [0.3, 0.4) is 0 Å². The molecule has 0 aliphatic heterocycles. The average molecular weight is 172 g/mol. The van der Waals surface area contributed by atoms with E-state index in [0.717, 1.165) is 6.42 Å². The summed E-state index contributed by atoms with van der Waals surface area (Å²) in [5, 5.41) is 8.37. The first kappa shape index (κ1) is 11.1. The van der Waals surface area contributed by atoms with Gasteiger partial charge in [0.25, 0.3) is 0 Å². The van der Waals surface area contributed by atoms with Gasteiger partial charge < -0.3 is 9.90 Å². The highest BCUT2D eigenvalue weighted by Gasteiger charge is 2.06. The lowest BCUT2D eigenvalue weighted by Crippen LogP contribution is -2.02. The van der Waals surface area contributed by atoms with Crippen molar-refractivity contribution in [1.82, 2.24) is 0 Å². The smallest absolute Gasteiger partial charge is 0.303 e. The van der Waals surface area contributed by atoms with Gasteiger partial charge in [-0.25, -0.2) is 0 Å². The number of hydrogen-bond donors (Lipinski definition) is 1. The molecule has 0 aromatic carbocycles. The van der Waals surface area contributed by atoms with E-state index >= 15 is 0 Å². The molecule has 3 heteroatoms. The Labute approximate surface area is 72.8 Å². The summed E-state index contributed by atoms with van der Waals surface area (Å²) in [6.45, 7) is 3.54. The molecule has 1 N–H and O–H groups in total. The molecule has 3 nitrogen and oxygen atoms in total. The number of Topliss-reactive ketones (excluding diaryl/α,β-unsaturated/α-hetero) is 1. The van der Waals surface area contributed by atoms with Crippen LogP contribution in [0.4, 0.5) is 0 Å².